The molecular formula is C9H14F3N3S. The average Bonchev–Trinajstić information content (AvgIpc) is 2.63. The molecule has 1 heterocycles. The van der Waals surface area contributed by atoms with Gasteiger partial charge >= 0.3 is 5.51 Å². The Kier molecular flexibility index (Phi) is 5.14. The topological polar surface area (TPSA) is 29.9 Å². The highest BCUT2D eigenvalue weighted by Crippen LogP contribution is 2.29. The summed E-state index contributed by atoms with van der Waals surface area (Å²) in [6.45, 7) is 3.61. The largest absolute Gasteiger partial charge is 0.441 e. The first-order valence-corrected chi connectivity index (χ1v) is 5.93. The number of alkyl halides is 3. The standard InChI is InChI=1S/C9H14F3N3S/c1-2-15-8(3-4-14-15)7-13-5-6-16-9(10,11)12/h3-4,13H,2,5-7H2,1H3. The molecule has 0 unspecified atom stereocenters. The molecule has 0 aliphatic heterocycles. The highest BCUT2D eigenvalue weighted by molar-refractivity contribution is 8.00. The van der Waals surface area contributed by atoms with Gasteiger partial charge in [0.15, 0.2) is 0 Å². The molecule has 3 nitrogen and oxygen atoms in total. The van der Waals surface area contributed by atoms with Gasteiger partial charge in [-0.05, 0) is 24.8 Å². The molecule has 0 aliphatic rings. The summed E-state index contributed by atoms with van der Waals surface area (Å²) in [4.78, 5) is 0. The van der Waals surface area contributed by atoms with E-state index in [1.807, 2.05) is 17.7 Å². The highest BCUT2D eigenvalue weighted by atomic mass is 32.2. The van der Waals surface area contributed by atoms with Crippen LogP contribution in [0, 0.1) is 0 Å². The molecule has 0 radical (unpaired) electrons. The molecule has 0 saturated heterocycles. The quantitative estimate of drug-likeness (QED) is 0.789. The van der Waals surface area contributed by atoms with Crippen LogP contribution in [0.25, 0.3) is 0 Å². The third-order valence-corrected chi connectivity index (χ3v) is 2.69. The van der Waals surface area contributed by atoms with Gasteiger partial charge < -0.3 is 5.32 Å². The summed E-state index contributed by atoms with van der Waals surface area (Å²) >= 11 is -0.00421. The summed E-state index contributed by atoms with van der Waals surface area (Å²) in [5, 5.41) is 7.02. The van der Waals surface area contributed by atoms with E-state index in [0.717, 1.165) is 12.2 Å². The number of aromatic nitrogens is 2. The molecule has 0 atom stereocenters. The van der Waals surface area contributed by atoms with Crippen molar-refractivity contribution < 1.29 is 13.2 Å². The number of thioether (sulfide) groups is 1. The van der Waals surface area contributed by atoms with Gasteiger partial charge in [-0.2, -0.15) is 18.3 Å². The normalized spacial score (nSPS) is 12.0. The molecule has 1 N–H and O–H groups in total. The van der Waals surface area contributed by atoms with Gasteiger partial charge in [0.2, 0.25) is 0 Å². The number of rotatable bonds is 6. The molecule has 7 heteroatoms. The highest BCUT2D eigenvalue weighted by Gasteiger charge is 2.27. The Labute approximate surface area is 96.4 Å². The van der Waals surface area contributed by atoms with Gasteiger partial charge in [0.1, 0.15) is 0 Å². The van der Waals surface area contributed by atoms with Crippen LogP contribution in [0.15, 0.2) is 12.3 Å². The molecule has 0 spiro atoms. The minimum absolute atomic E-state index is 0.00421. The summed E-state index contributed by atoms with van der Waals surface area (Å²) in [7, 11) is 0. The zero-order chi connectivity index (χ0) is 12.0. The van der Waals surface area contributed by atoms with Crippen LogP contribution < -0.4 is 5.32 Å². The summed E-state index contributed by atoms with van der Waals surface area (Å²) < 4.78 is 37.2. The third-order valence-electron chi connectivity index (χ3n) is 1.95. The number of nitrogens with one attached hydrogen (secondary N) is 1. The van der Waals surface area contributed by atoms with E-state index in [9.17, 15) is 13.2 Å². The SMILES string of the molecule is CCn1nccc1CNCCSC(F)(F)F. The van der Waals surface area contributed by atoms with Crippen molar-refractivity contribution in [3.05, 3.63) is 18.0 Å². The van der Waals surface area contributed by atoms with E-state index in [4.69, 9.17) is 0 Å². The fraction of sp³-hybridized carbons (Fsp3) is 0.667. The lowest BCUT2D eigenvalue weighted by molar-refractivity contribution is -0.0327. The van der Waals surface area contributed by atoms with Gasteiger partial charge in [0.05, 0.1) is 5.69 Å². The van der Waals surface area contributed by atoms with Crippen molar-refractivity contribution in [2.45, 2.75) is 25.5 Å². The predicted octanol–water partition coefficient (Wildman–Crippen LogP) is 2.25. The monoisotopic (exact) mass is 253 g/mol. The number of nitrogens with zero attached hydrogens (tertiary/aromatic N) is 2. The zero-order valence-corrected chi connectivity index (χ0v) is 9.74. The molecule has 1 aromatic heterocycles. The number of halogens is 3. The van der Waals surface area contributed by atoms with Gasteiger partial charge in [-0.1, -0.05) is 0 Å². The van der Waals surface area contributed by atoms with Crippen LogP contribution in [0.5, 0.6) is 0 Å². The Hall–Kier alpha value is -0.690. The molecule has 0 aromatic carbocycles. The summed E-state index contributed by atoms with van der Waals surface area (Å²) in [5.74, 6) is 0.0315. The van der Waals surface area contributed by atoms with Crippen molar-refractivity contribution in [2.75, 3.05) is 12.3 Å². The van der Waals surface area contributed by atoms with Crippen molar-refractivity contribution in [1.29, 1.82) is 0 Å². The Morgan fingerprint density at radius 2 is 2.25 bits per heavy atom. The van der Waals surface area contributed by atoms with Crippen LogP contribution >= 0.6 is 11.8 Å². The fourth-order valence-electron chi connectivity index (χ4n) is 1.25. The lowest BCUT2D eigenvalue weighted by Gasteiger charge is -2.07. The van der Waals surface area contributed by atoms with E-state index in [0.29, 0.717) is 13.1 Å². The fourth-order valence-corrected chi connectivity index (χ4v) is 1.73. The molecule has 1 aromatic rings. The second-order valence-electron chi connectivity index (χ2n) is 3.11. The minimum Gasteiger partial charge on any atom is -0.310 e. The smallest absolute Gasteiger partial charge is 0.310 e. The van der Waals surface area contributed by atoms with Crippen LogP contribution in [-0.2, 0) is 13.1 Å². The Balaban J connectivity index is 2.16. The predicted molar refractivity (Wildman–Crippen MR) is 58.1 cm³/mol. The van der Waals surface area contributed by atoms with Crippen LogP contribution in [0.2, 0.25) is 0 Å². The van der Waals surface area contributed by atoms with Gasteiger partial charge in [-0.15, -0.1) is 0 Å². The van der Waals surface area contributed by atoms with E-state index in [1.54, 1.807) is 6.20 Å². The van der Waals surface area contributed by atoms with Crippen LogP contribution in [0.1, 0.15) is 12.6 Å². The maximum absolute atomic E-state index is 11.8. The summed E-state index contributed by atoms with van der Waals surface area (Å²) in [5.41, 5.74) is -3.15. The van der Waals surface area contributed by atoms with Crippen molar-refractivity contribution in [3.8, 4) is 0 Å². The van der Waals surface area contributed by atoms with Crippen LogP contribution in [-0.4, -0.2) is 27.6 Å². The molecule has 0 bridgehead atoms. The van der Waals surface area contributed by atoms with Gasteiger partial charge in [0, 0.05) is 31.6 Å². The lowest BCUT2D eigenvalue weighted by atomic mass is 10.4. The molecule has 0 fully saturated rings. The zero-order valence-electron chi connectivity index (χ0n) is 8.92. The Morgan fingerprint density at radius 3 is 2.88 bits per heavy atom. The van der Waals surface area contributed by atoms with Gasteiger partial charge in [0.25, 0.3) is 0 Å². The van der Waals surface area contributed by atoms with Crippen molar-refractivity contribution >= 4 is 11.8 Å². The Morgan fingerprint density at radius 1 is 1.50 bits per heavy atom. The number of aryl methyl sites for hydroxylation is 1. The number of hydrogen-bond donors (Lipinski definition) is 1. The van der Waals surface area contributed by atoms with Crippen molar-refractivity contribution in [3.63, 3.8) is 0 Å². The lowest BCUT2D eigenvalue weighted by Crippen LogP contribution is -2.20. The van der Waals surface area contributed by atoms with E-state index < -0.39 is 5.51 Å². The van der Waals surface area contributed by atoms with Gasteiger partial charge in [-0.3, -0.25) is 4.68 Å². The molecule has 0 saturated carbocycles. The summed E-state index contributed by atoms with van der Waals surface area (Å²) in [6.07, 6.45) is 1.69. The van der Waals surface area contributed by atoms with E-state index >= 15 is 0 Å². The second-order valence-corrected chi connectivity index (χ2v) is 4.27. The second kappa shape index (κ2) is 6.15. The van der Waals surface area contributed by atoms with Crippen LogP contribution in [0.3, 0.4) is 0 Å². The maximum atomic E-state index is 11.8. The summed E-state index contributed by atoms with van der Waals surface area (Å²) in [6, 6.07) is 1.85. The first-order valence-electron chi connectivity index (χ1n) is 4.95. The molecular weight excluding hydrogens is 239 g/mol. The van der Waals surface area contributed by atoms with Gasteiger partial charge in [-0.25, -0.2) is 0 Å². The van der Waals surface area contributed by atoms with E-state index in [1.165, 1.54) is 0 Å². The van der Waals surface area contributed by atoms with E-state index in [-0.39, 0.29) is 17.5 Å². The van der Waals surface area contributed by atoms with Crippen molar-refractivity contribution in [2.24, 2.45) is 0 Å². The first kappa shape index (κ1) is 13.4. The molecule has 92 valence electrons. The Bertz CT molecular complexity index is 311. The first-order chi connectivity index (χ1) is 7.53. The van der Waals surface area contributed by atoms with Crippen molar-refractivity contribution in [1.82, 2.24) is 15.1 Å². The average molecular weight is 253 g/mol. The van der Waals surface area contributed by atoms with E-state index in [2.05, 4.69) is 10.4 Å². The number of hydrogen-bond acceptors (Lipinski definition) is 3. The third kappa shape index (κ3) is 4.89. The van der Waals surface area contributed by atoms with Crippen LogP contribution in [0.4, 0.5) is 13.2 Å². The molecule has 0 aliphatic carbocycles. The molecule has 1 rings (SSSR count). The minimum atomic E-state index is -4.13. The maximum Gasteiger partial charge on any atom is 0.441 e. The molecule has 0 amide bonds. The molecule has 16 heavy (non-hydrogen) atoms.